The number of benzene rings is 2. The number of rotatable bonds is 7. The lowest BCUT2D eigenvalue weighted by Crippen LogP contribution is -2.37. The first-order valence-electron chi connectivity index (χ1n) is 10.2. The highest BCUT2D eigenvalue weighted by molar-refractivity contribution is 7.22. The fourth-order valence-corrected chi connectivity index (χ4v) is 5.29. The molecule has 1 unspecified atom stereocenters. The highest BCUT2D eigenvalue weighted by atomic mass is 35.5. The number of hydrogen-bond acceptors (Lipinski definition) is 7. The summed E-state index contributed by atoms with van der Waals surface area (Å²) in [6.07, 6.45) is 1.83. The van der Waals surface area contributed by atoms with Gasteiger partial charge in [0.15, 0.2) is 16.6 Å². The number of fused-ring (bicyclic) bond motifs is 1. The standard InChI is InChI=1S/C23H25ClN2O5S/c1-13-8-15(24)11-19-20(13)25-23(32-19)26(12-16-6-5-7-31-16)22(27)14-9-17(28-2)21(30-4)18(10-14)29-3/h8-11,16H,5-7,12H2,1-4H3. The van der Waals surface area contributed by atoms with Crippen molar-refractivity contribution in [3.8, 4) is 17.2 Å². The number of halogens is 1. The number of nitrogens with zero attached hydrogens (tertiary/aromatic N) is 2. The SMILES string of the molecule is COc1cc(C(=O)N(CC2CCCO2)c2nc3c(C)cc(Cl)cc3s2)cc(OC)c1OC. The molecular weight excluding hydrogens is 452 g/mol. The van der Waals surface area contributed by atoms with Gasteiger partial charge in [-0.05, 0) is 49.6 Å². The van der Waals surface area contributed by atoms with Crippen LogP contribution in [0, 0.1) is 6.92 Å². The van der Waals surface area contributed by atoms with E-state index >= 15 is 0 Å². The van der Waals surface area contributed by atoms with E-state index in [0.717, 1.165) is 28.6 Å². The molecular formula is C23H25ClN2O5S. The van der Waals surface area contributed by atoms with Crippen molar-refractivity contribution in [3.05, 3.63) is 40.4 Å². The summed E-state index contributed by atoms with van der Waals surface area (Å²) in [5.41, 5.74) is 2.21. The van der Waals surface area contributed by atoms with Crippen molar-refractivity contribution in [3.63, 3.8) is 0 Å². The maximum absolute atomic E-state index is 13.8. The molecule has 0 aliphatic carbocycles. The summed E-state index contributed by atoms with van der Waals surface area (Å²) < 4.78 is 23.0. The molecule has 9 heteroatoms. The van der Waals surface area contributed by atoms with Crippen molar-refractivity contribution in [2.45, 2.75) is 25.9 Å². The summed E-state index contributed by atoms with van der Waals surface area (Å²) in [5.74, 6) is 1.04. The second-order valence-electron chi connectivity index (χ2n) is 7.53. The molecule has 32 heavy (non-hydrogen) atoms. The first-order chi connectivity index (χ1) is 15.4. The van der Waals surface area contributed by atoms with Gasteiger partial charge >= 0.3 is 0 Å². The van der Waals surface area contributed by atoms with Gasteiger partial charge in [-0.25, -0.2) is 4.98 Å². The van der Waals surface area contributed by atoms with Crippen molar-refractivity contribution in [2.75, 3.05) is 39.4 Å². The van der Waals surface area contributed by atoms with Crippen molar-refractivity contribution in [2.24, 2.45) is 0 Å². The van der Waals surface area contributed by atoms with E-state index in [1.54, 1.807) is 17.0 Å². The molecule has 170 valence electrons. The van der Waals surface area contributed by atoms with Crippen LogP contribution in [0.2, 0.25) is 5.02 Å². The lowest BCUT2D eigenvalue weighted by atomic mass is 10.1. The number of hydrogen-bond donors (Lipinski definition) is 0. The average Bonchev–Trinajstić information content (AvgIpc) is 3.45. The molecule has 0 spiro atoms. The van der Waals surface area contributed by atoms with Gasteiger partial charge in [-0.3, -0.25) is 9.69 Å². The number of methoxy groups -OCH3 is 3. The molecule has 1 amide bonds. The first-order valence-corrected chi connectivity index (χ1v) is 11.4. The quantitative estimate of drug-likeness (QED) is 0.472. The monoisotopic (exact) mass is 476 g/mol. The fraction of sp³-hybridized carbons (Fsp3) is 0.391. The molecule has 7 nitrogen and oxygen atoms in total. The van der Waals surface area contributed by atoms with Crippen molar-refractivity contribution in [1.82, 2.24) is 4.98 Å². The zero-order chi connectivity index (χ0) is 22.8. The molecule has 1 aromatic heterocycles. The molecule has 1 aliphatic heterocycles. The van der Waals surface area contributed by atoms with E-state index in [-0.39, 0.29) is 12.0 Å². The summed E-state index contributed by atoms with van der Waals surface area (Å²) in [5, 5.41) is 1.24. The zero-order valence-corrected chi connectivity index (χ0v) is 20.0. The van der Waals surface area contributed by atoms with Gasteiger partial charge in [0, 0.05) is 17.2 Å². The van der Waals surface area contributed by atoms with Gasteiger partial charge in [0.2, 0.25) is 5.75 Å². The largest absolute Gasteiger partial charge is 0.493 e. The highest BCUT2D eigenvalue weighted by Gasteiger charge is 2.29. The number of aromatic nitrogens is 1. The molecule has 1 saturated heterocycles. The Labute approximate surface area is 195 Å². The predicted octanol–water partition coefficient (Wildman–Crippen LogP) is 5.11. The molecule has 3 aromatic rings. The normalized spacial score (nSPS) is 15.7. The van der Waals surface area contributed by atoms with Gasteiger partial charge in [-0.2, -0.15) is 0 Å². The van der Waals surface area contributed by atoms with E-state index in [2.05, 4.69) is 0 Å². The highest BCUT2D eigenvalue weighted by Crippen LogP contribution is 2.40. The third kappa shape index (κ3) is 4.35. The molecule has 1 atom stereocenters. The van der Waals surface area contributed by atoms with Crippen LogP contribution in [-0.4, -0.2) is 51.5 Å². The topological polar surface area (TPSA) is 70.1 Å². The second-order valence-corrected chi connectivity index (χ2v) is 8.98. The third-order valence-electron chi connectivity index (χ3n) is 5.44. The second kappa shape index (κ2) is 9.52. The number of amides is 1. The molecule has 0 N–H and O–H groups in total. The van der Waals surface area contributed by atoms with Gasteiger partial charge in [0.25, 0.3) is 5.91 Å². The third-order valence-corrected chi connectivity index (χ3v) is 6.68. The Morgan fingerprint density at radius 3 is 2.50 bits per heavy atom. The van der Waals surface area contributed by atoms with Crippen LogP contribution >= 0.6 is 22.9 Å². The Morgan fingerprint density at radius 2 is 1.91 bits per heavy atom. The number of carbonyl (C=O) groups is 1. The van der Waals surface area contributed by atoms with Crippen LogP contribution in [0.25, 0.3) is 10.2 Å². The minimum atomic E-state index is -0.220. The molecule has 2 aromatic carbocycles. The Bertz CT molecular complexity index is 1120. The minimum absolute atomic E-state index is 0.0438. The van der Waals surface area contributed by atoms with Crippen LogP contribution in [0.1, 0.15) is 28.8 Å². The van der Waals surface area contributed by atoms with Gasteiger partial charge < -0.3 is 18.9 Å². The molecule has 1 aliphatic rings. The van der Waals surface area contributed by atoms with Crippen molar-refractivity contribution >= 4 is 44.2 Å². The number of ether oxygens (including phenoxy) is 4. The van der Waals surface area contributed by atoms with E-state index in [9.17, 15) is 4.79 Å². The maximum atomic E-state index is 13.8. The zero-order valence-electron chi connectivity index (χ0n) is 18.4. The smallest absolute Gasteiger partial charge is 0.260 e. The van der Waals surface area contributed by atoms with Gasteiger partial charge in [-0.15, -0.1) is 0 Å². The molecule has 0 bridgehead atoms. The fourth-order valence-electron chi connectivity index (χ4n) is 3.86. The molecule has 1 fully saturated rings. The summed E-state index contributed by atoms with van der Waals surface area (Å²) in [7, 11) is 4.58. The van der Waals surface area contributed by atoms with Crippen LogP contribution in [0.3, 0.4) is 0 Å². The first kappa shape index (κ1) is 22.6. The molecule has 0 radical (unpaired) electrons. The number of anilines is 1. The summed E-state index contributed by atoms with van der Waals surface area (Å²) >= 11 is 7.68. The summed E-state index contributed by atoms with van der Waals surface area (Å²) in [6, 6.07) is 7.06. The van der Waals surface area contributed by atoms with Gasteiger partial charge in [0.05, 0.1) is 44.2 Å². The predicted molar refractivity (Wildman–Crippen MR) is 126 cm³/mol. The molecule has 0 saturated carbocycles. The van der Waals surface area contributed by atoms with Crippen LogP contribution in [0.5, 0.6) is 17.2 Å². The van der Waals surface area contributed by atoms with E-state index in [4.69, 9.17) is 35.5 Å². The Kier molecular flexibility index (Phi) is 6.74. The Morgan fingerprint density at radius 1 is 1.19 bits per heavy atom. The van der Waals surface area contributed by atoms with E-state index in [1.165, 1.54) is 32.7 Å². The van der Waals surface area contributed by atoms with E-state index in [1.807, 2.05) is 19.1 Å². The van der Waals surface area contributed by atoms with Gasteiger partial charge in [0.1, 0.15) is 0 Å². The number of thiazole rings is 1. The molecule has 4 rings (SSSR count). The summed E-state index contributed by atoms with van der Waals surface area (Å²) in [6.45, 7) is 3.07. The average molecular weight is 477 g/mol. The summed E-state index contributed by atoms with van der Waals surface area (Å²) in [4.78, 5) is 20.2. The Hall–Kier alpha value is -2.55. The van der Waals surface area contributed by atoms with Crippen LogP contribution in [0.15, 0.2) is 24.3 Å². The van der Waals surface area contributed by atoms with Crippen LogP contribution in [0.4, 0.5) is 5.13 Å². The lowest BCUT2D eigenvalue weighted by Gasteiger charge is -2.24. The Balaban J connectivity index is 1.79. The van der Waals surface area contributed by atoms with E-state index < -0.39 is 0 Å². The number of aryl methyl sites for hydroxylation is 1. The van der Waals surface area contributed by atoms with Crippen molar-refractivity contribution in [1.29, 1.82) is 0 Å². The molecule has 2 heterocycles. The lowest BCUT2D eigenvalue weighted by molar-refractivity contribution is 0.0917. The van der Waals surface area contributed by atoms with Crippen LogP contribution in [-0.2, 0) is 4.74 Å². The number of carbonyl (C=O) groups excluding carboxylic acids is 1. The minimum Gasteiger partial charge on any atom is -0.493 e. The van der Waals surface area contributed by atoms with Gasteiger partial charge in [-0.1, -0.05) is 22.9 Å². The van der Waals surface area contributed by atoms with E-state index in [0.29, 0.717) is 46.1 Å². The van der Waals surface area contributed by atoms with Crippen molar-refractivity contribution < 1.29 is 23.7 Å². The van der Waals surface area contributed by atoms with Crippen LogP contribution < -0.4 is 19.1 Å². The maximum Gasteiger partial charge on any atom is 0.260 e.